The second kappa shape index (κ2) is 6.64. The Balaban J connectivity index is 2.10. The van der Waals surface area contributed by atoms with Crippen LogP contribution in [0.25, 0.3) is 0 Å². The van der Waals surface area contributed by atoms with Gasteiger partial charge in [-0.2, -0.15) is 0 Å². The van der Waals surface area contributed by atoms with Crippen LogP contribution in [0, 0.1) is 5.41 Å². The largest absolute Gasteiger partial charge is 0.313 e. The van der Waals surface area contributed by atoms with Crippen molar-refractivity contribution in [2.24, 2.45) is 5.41 Å². The van der Waals surface area contributed by atoms with Crippen LogP contribution in [0.15, 0.2) is 33.6 Å². The first kappa shape index (κ1) is 15.4. The Labute approximate surface area is 130 Å². The molecule has 2 rings (SSSR count). The molecule has 0 aliphatic heterocycles. The number of halogens is 1. The highest BCUT2D eigenvalue weighted by Gasteiger charge is 2.38. The summed E-state index contributed by atoms with van der Waals surface area (Å²) in [5.74, 6) is 0. The molecule has 0 radical (unpaired) electrons. The number of hydrogen-bond acceptors (Lipinski definition) is 2. The van der Waals surface area contributed by atoms with E-state index >= 15 is 0 Å². The van der Waals surface area contributed by atoms with Gasteiger partial charge in [-0.3, -0.25) is 0 Å². The van der Waals surface area contributed by atoms with E-state index in [1.165, 1.54) is 24.2 Å². The minimum absolute atomic E-state index is 0.404. The molecule has 1 aromatic rings. The summed E-state index contributed by atoms with van der Waals surface area (Å²) in [6, 6.07) is 9.33. The molecule has 1 aliphatic carbocycles. The van der Waals surface area contributed by atoms with Crippen LogP contribution in [0.4, 0.5) is 0 Å². The molecule has 0 amide bonds. The third-order valence-electron chi connectivity index (χ3n) is 4.05. The second-order valence-corrected chi connectivity index (χ2v) is 8.25. The van der Waals surface area contributed by atoms with Crippen LogP contribution < -0.4 is 5.32 Å². The van der Waals surface area contributed by atoms with E-state index < -0.39 is 0 Å². The molecule has 106 valence electrons. The molecule has 1 saturated carbocycles. The van der Waals surface area contributed by atoms with E-state index in [1.54, 1.807) is 0 Å². The Bertz CT molecular complexity index is 402. The zero-order valence-corrected chi connectivity index (χ0v) is 14.5. The Morgan fingerprint density at radius 1 is 1.32 bits per heavy atom. The monoisotopic (exact) mass is 341 g/mol. The smallest absolute Gasteiger partial charge is 0.0253 e. The van der Waals surface area contributed by atoms with Gasteiger partial charge in [-0.15, -0.1) is 11.8 Å². The highest BCUT2D eigenvalue weighted by molar-refractivity contribution is 9.10. The lowest BCUT2D eigenvalue weighted by Crippen LogP contribution is -2.51. The first-order valence-electron chi connectivity index (χ1n) is 7.18. The number of thioether (sulfide) groups is 1. The van der Waals surface area contributed by atoms with E-state index in [-0.39, 0.29) is 0 Å². The highest BCUT2D eigenvalue weighted by Crippen LogP contribution is 2.42. The maximum absolute atomic E-state index is 3.73. The van der Waals surface area contributed by atoms with Crippen molar-refractivity contribution >= 4 is 27.7 Å². The van der Waals surface area contributed by atoms with Crippen LogP contribution in [0.2, 0.25) is 0 Å². The lowest BCUT2D eigenvalue weighted by molar-refractivity contribution is 0.176. The molecule has 1 aliphatic rings. The van der Waals surface area contributed by atoms with Gasteiger partial charge < -0.3 is 5.32 Å². The first-order chi connectivity index (χ1) is 9.03. The Morgan fingerprint density at radius 3 is 2.63 bits per heavy atom. The van der Waals surface area contributed by atoms with Gasteiger partial charge in [0.2, 0.25) is 0 Å². The van der Waals surface area contributed by atoms with E-state index in [9.17, 15) is 0 Å². The molecule has 0 aromatic heterocycles. The van der Waals surface area contributed by atoms with Crippen molar-refractivity contribution in [2.75, 3.05) is 6.54 Å². The molecule has 2 atom stereocenters. The molecule has 0 saturated heterocycles. The Kier molecular flexibility index (Phi) is 5.38. The van der Waals surface area contributed by atoms with Gasteiger partial charge in [0.05, 0.1) is 0 Å². The fourth-order valence-electron chi connectivity index (χ4n) is 3.03. The lowest BCUT2D eigenvalue weighted by atomic mass is 9.73. The summed E-state index contributed by atoms with van der Waals surface area (Å²) in [5.41, 5.74) is 0.404. The first-order valence-corrected chi connectivity index (χ1v) is 8.86. The third-order valence-corrected chi connectivity index (χ3v) is 5.93. The molecule has 0 spiro atoms. The standard InChI is InChI=1S/C16H24BrNS/c1-4-18-15-14(6-5-11-16(15,2)3)19-13-9-7-12(17)8-10-13/h7-10,14-15,18H,4-6,11H2,1-3H3. The van der Waals surface area contributed by atoms with Gasteiger partial charge in [-0.1, -0.05) is 43.1 Å². The molecule has 19 heavy (non-hydrogen) atoms. The van der Waals surface area contributed by atoms with E-state index in [0.717, 1.165) is 11.0 Å². The Morgan fingerprint density at radius 2 is 2.00 bits per heavy atom. The summed E-state index contributed by atoms with van der Waals surface area (Å²) in [7, 11) is 0. The summed E-state index contributed by atoms with van der Waals surface area (Å²) in [6.07, 6.45) is 4.01. The molecule has 0 bridgehead atoms. The molecule has 0 heterocycles. The van der Waals surface area contributed by atoms with E-state index in [1.807, 2.05) is 11.8 Å². The maximum Gasteiger partial charge on any atom is 0.0253 e. The van der Waals surface area contributed by atoms with Gasteiger partial charge >= 0.3 is 0 Å². The Hall–Kier alpha value is 0.01000. The van der Waals surface area contributed by atoms with Crippen molar-refractivity contribution in [3.63, 3.8) is 0 Å². The van der Waals surface area contributed by atoms with Gasteiger partial charge in [0.1, 0.15) is 0 Å². The van der Waals surface area contributed by atoms with Gasteiger partial charge in [-0.25, -0.2) is 0 Å². The predicted octanol–water partition coefficient (Wildman–Crippen LogP) is 5.10. The van der Waals surface area contributed by atoms with Crippen LogP contribution in [0.3, 0.4) is 0 Å². The molecular weight excluding hydrogens is 318 g/mol. The number of benzene rings is 1. The van der Waals surface area contributed by atoms with Gasteiger partial charge in [0, 0.05) is 20.7 Å². The van der Waals surface area contributed by atoms with Crippen molar-refractivity contribution in [3.8, 4) is 0 Å². The summed E-state index contributed by atoms with van der Waals surface area (Å²) < 4.78 is 1.16. The van der Waals surface area contributed by atoms with Crippen LogP contribution in [-0.2, 0) is 0 Å². The minimum Gasteiger partial charge on any atom is -0.313 e. The fourth-order valence-corrected chi connectivity index (χ4v) is 4.82. The summed E-state index contributed by atoms with van der Waals surface area (Å²) in [6.45, 7) is 8.10. The van der Waals surface area contributed by atoms with Gasteiger partial charge in [0.25, 0.3) is 0 Å². The molecule has 3 heteroatoms. The molecule has 1 nitrogen and oxygen atoms in total. The minimum atomic E-state index is 0.404. The van der Waals surface area contributed by atoms with Crippen molar-refractivity contribution in [1.82, 2.24) is 5.32 Å². The van der Waals surface area contributed by atoms with Gasteiger partial charge in [-0.05, 0) is 49.1 Å². The average molecular weight is 342 g/mol. The molecular formula is C16H24BrNS. The van der Waals surface area contributed by atoms with Crippen molar-refractivity contribution in [2.45, 2.75) is 56.2 Å². The van der Waals surface area contributed by atoms with Crippen LogP contribution >= 0.6 is 27.7 Å². The zero-order chi connectivity index (χ0) is 13.9. The van der Waals surface area contributed by atoms with Crippen LogP contribution in [0.5, 0.6) is 0 Å². The topological polar surface area (TPSA) is 12.0 Å². The normalized spacial score (nSPS) is 26.3. The van der Waals surface area contributed by atoms with Crippen LogP contribution in [0.1, 0.15) is 40.0 Å². The summed E-state index contributed by atoms with van der Waals surface area (Å²) >= 11 is 5.54. The third kappa shape index (κ3) is 3.99. The molecule has 2 unspecified atom stereocenters. The van der Waals surface area contributed by atoms with Crippen molar-refractivity contribution in [1.29, 1.82) is 0 Å². The predicted molar refractivity (Wildman–Crippen MR) is 88.9 cm³/mol. The molecule has 1 fully saturated rings. The average Bonchev–Trinajstić information content (AvgIpc) is 2.36. The summed E-state index contributed by atoms with van der Waals surface area (Å²) in [5, 5.41) is 4.41. The van der Waals surface area contributed by atoms with E-state index in [0.29, 0.717) is 16.7 Å². The SMILES string of the molecule is CCNC1C(Sc2ccc(Br)cc2)CCCC1(C)C. The fraction of sp³-hybridized carbons (Fsp3) is 0.625. The summed E-state index contributed by atoms with van der Waals surface area (Å²) in [4.78, 5) is 1.38. The quantitative estimate of drug-likeness (QED) is 0.817. The van der Waals surface area contributed by atoms with Crippen LogP contribution in [-0.4, -0.2) is 17.8 Å². The second-order valence-electron chi connectivity index (χ2n) is 6.03. The van der Waals surface area contributed by atoms with Crippen molar-refractivity contribution < 1.29 is 0 Å². The molecule has 1 aromatic carbocycles. The number of rotatable bonds is 4. The van der Waals surface area contributed by atoms with Gasteiger partial charge in [0.15, 0.2) is 0 Å². The number of nitrogens with one attached hydrogen (secondary N) is 1. The van der Waals surface area contributed by atoms with E-state index in [4.69, 9.17) is 0 Å². The number of hydrogen-bond donors (Lipinski definition) is 1. The highest BCUT2D eigenvalue weighted by atomic mass is 79.9. The maximum atomic E-state index is 3.73. The molecule has 1 N–H and O–H groups in total. The van der Waals surface area contributed by atoms with Crippen molar-refractivity contribution in [3.05, 3.63) is 28.7 Å². The lowest BCUT2D eigenvalue weighted by Gasteiger charge is -2.44. The van der Waals surface area contributed by atoms with E-state index in [2.05, 4.69) is 66.3 Å². The zero-order valence-electron chi connectivity index (χ0n) is 12.1.